The zero-order chi connectivity index (χ0) is 10.9. The van der Waals surface area contributed by atoms with Crippen LogP contribution in [0.5, 0.6) is 0 Å². The predicted molar refractivity (Wildman–Crippen MR) is 55.9 cm³/mol. The van der Waals surface area contributed by atoms with Gasteiger partial charge < -0.3 is 0 Å². The molecule has 1 aliphatic rings. The molecule has 0 aliphatic heterocycles. The van der Waals surface area contributed by atoms with E-state index in [1.54, 1.807) is 0 Å². The fraction of sp³-hybridized carbons (Fsp3) is 0.833. The number of carbonyl (C=O) groups is 2. The highest BCUT2D eigenvalue weighted by Crippen LogP contribution is 2.33. The van der Waals surface area contributed by atoms with Crippen molar-refractivity contribution >= 4 is 11.6 Å². The fourth-order valence-electron chi connectivity index (χ4n) is 2.16. The molecule has 0 bridgehead atoms. The predicted octanol–water partition coefficient (Wildman–Crippen LogP) is 2.46. The van der Waals surface area contributed by atoms with E-state index >= 15 is 0 Å². The third-order valence-electron chi connectivity index (χ3n) is 3.03. The van der Waals surface area contributed by atoms with E-state index in [1.165, 1.54) is 0 Å². The van der Waals surface area contributed by atoms with Crippen LogP contribution >= 0.6 is 0 Å². The highest BCUT2D eigenvalue weighted by atomic mass is 16.2. The van der Waals surface area contributed by atoms with Crippen molar-refractivity contribution in [1.29, 1.82) is 0 Å². The van der Waals surface area contributed by atoms with Gasteiger partial charge in [-0.05, 0) is 18.3 Å². The molecule has 0 aromatic rings. The maximum atomic E-state index is 11.9. The van der Waals surface area contributed by atoms with E-state index in [-0.39, 0.29) is 23.4 Å². The Kier molecular flexibility index (Phi) is 3.46. The lowest BCUT2D eigenvalue weighted by molar-refractivity contribution is -0.129. The number of rotatable bonds is 3. The Hall–Kier alpha value is -0.660. The lowest BCUT2D eigenvalue weighted by atomic mass is 9.89. The first-order valence-electron chi connectivity index (χ1n) is 5.50. The van der Waals surface area contributed by atoms with Gasteiger partial charge in [0.05, 0.1) is 5.92 Å². The molecule has 0 radical (unpaired) electrons. The first-order chi connectivity index (χ1) is 6.43. The highest BCUT2D eigenvalue weighted by molar-refractivity contribution is 6.10. The molecule has 80 valence electrons. The molecule has 0 aromatic heterocycles. The van der Waals surface area contributed by atoms with Crippen LogP contribution in [0.25, 0.3) is 0 Å². The number of hydrogen-bond donors (Lipinski definition) is 0. The maximum Gasteiger partial charge on any atom is 0.147 e. The maximum absolute atomic E-state index is 11.9. The average molecular weight is 196 g/mol. The third kappa shape index (κ3) is 2.23. The van der Waals surface area contributed by atoms with Crippen LogP contribution in [0.2, 0.25) is 0 Å². The van der Waals surface area contributed by atoms with Crippen molar-refractivity contribution in [3.05, 3.63) is 0 Å². The van der Waals surface area contributed by atoms with Crippen molar-refractivity contribution in [2.75, 3.05) is 0 Å². The molecular weight excluding hydrogens is 176 g/mol. The molecule has 2 heteroatoms. The monoisotopic (exact) mass is 196 g/mol. The van der Waals surface area contributed by atoms with Crippen molar-refractivity contribution in [3.8, 4) is 0 Å². The average Bonchev–Trinajstić information content (AvgIpc) is 2.31. The first kappa shape index (κ1) is 11.4. The molecule has 0 saturated heterocycles. The van der Waals surface area contributed by atoms with Crippen LogP contribution < -0.4 is 0 Å². The molecule has 0 N–H and O–H groups in total. The van der Waals surface area contributed by atoms with E-state index in [2.05, 4.69) is 13.8 Å². The SMILES string of the molecule is CC(C)CC1C(=O)CC(C(C)C)C1=O. The summed E-state index contributed by atoms with van der Waals surface area (Å²) in [6.45, 7) is 8.16. The lowest BCUT2D eigenvalue weighted by Gasteiger charge is -2.13. The number of ketones is 2. The van der Waals surface area contributed by atoms with Gasteiger partial charge >= 0.3 is 0 Å². The lowest BCUT2D eigenvalue weighted by Crippen LogP contribution is -2.21. The van der Waals surface area contributed by atoms with Gasteiger partial charge in [-0.3, -0.25) is 9.59 Å². The van der Waals surface area contributed by atoms with Gasteiger partial charge in [0.15, 0.2) is 0 Å². The summed E-state index contributed by atoms with van der Waals surface area (Å²) in [5, 5.41) is 0. The smallest absolute Gasteiger partial charge is 0.147 e. The van der Waals surface area contributed by atoms with E-state index in [9.17, 15) is 9.59 Å². The summed E-state index contributed by atoms with van der Waals surface area (Å²) in [6, 6.07) is 0. The Balaban J connectivity index is 2.70. The minimum Gasteiger partial charge on any atom is -0.299 e. The van der Waals surface area contributed by atoms with Crippen LogP contribution in [0.15, 0.2) is 0 Å². The van der Waals surface area contributed by atoms with Gasteiger partial charge in [0, 0.05) is 12.3 Å². The summed E-state index contributed by atoms with van der Waals surface area (Å²) < 4.78 is 0. The van der Waals surface area contributed by atoms with Gasteiger partial charge in [-0.2, -0.15) is 0 Å². The van der Waals surface area contributed by atoms with Gasteiger partial charge in [0.25, 0.3) is 0 Å². The topological polar surface area (TPSA) is 34.1 Å². The molecule has 0 heterocycles. The van der Waals surface area contributed by atoms with Crippen LogP contribution in [0.3, 0.4) is 0 Å². The van der Waals surface area contributed by atoms with Crippen molar-refractivity contribution in [3.63, 3.8) is 0 Å². The summed E-state index contributed by atoms with van der Waals surface area (Å²) in [7, 11) is 0. The summed E-state index contributed by atoms with van der Waals surface area (Å²) in [5.41, 5.74) is 0. The van der Waals surface area contributed by atoms with Crippen LogP contribution in [-0.2, 0) is 9.59 Å². The van der Waals surface area contributed by atoms with Gasteiger partial charge in [0.2, 0.25) is 0 Å². The Morgan fingerprint density at radius 2 is 1.79 bits per heavy atom. The van der Waals surface area contributed by atoms with Gasteiger partial charge in [0.1, 0.15) is 11.6 Å². The van der Waals surface area contributed by atoms with E-state index in [1.807, 2.05) is 13.8 Å². The van der Waals surface area contributed by atoms with Crippen molar-refractivity contribution in [2.45, 2.75) is 40.5 Å². The molecular formula is C12H20O2. The van der Waals surface area contributed by atoms with Crippen LogP contribution in [-0.4, -0.2) is 11.6 Å². The van der Waals surface area contributed by atoms with E-state index < -0.39 is 0 Å². The molecule has 14 heavy (non-hydrogen) atoms. The van der Waals surface area contributed by atoms with Crippen molar-refractivity contribution in [2.24, 2.45) is 23.7 Å². The van der Waals surface area contributed by atoms with Crippen LogP contribution in [0.4, 0.5) is 0 Å². The Bertz CT molecular complexity index is 241. The zero-order valence-corrected chi connectivity index (χ0v) is 9.54. The molecule has 2 unspecified atom stereocenters. The normalized spacial score (nSPS) is 28.1. The first-order valence-corrected chi connectivity index (χ1v) is 5.50. The summed E-state index contributed by atoms with van der Waals surface area (Å²) in [4.78, 5) is 23.5. The third-order valence-corrected chi connectivity index (χ3v) is 3.03. The van der Waals surface area contributed by atoms with E-state index in [0.29, 0.717) is 18.3 Å². The molecule has 1 saturated carbocycles. The highest BCUT2D eigenvalue weighted by Gasteiger charge is 2.41. The van der Waals surface area contributed by atoms with Crippen molar-refractivity contribution in [1.82, 2.24) is 0 Å². The molecule has 0 aromatic carbocycles. The molecule has 0 spiro atoms. The number of hydrogen-bond acceptors (Lipinski definition) is 2. The largest absolute Gasteiger partial charge is 0.299 e. The fourth-order valence-corrected chi connectivity index (χ4v) is 2.16. The minimum absolute atomic E-state index is 0.00810. The number of Topliss-reactive ketones (excluding diaryl/α,β-unsaturated/α-hetero) is 2. The standard InChI is InChI=1S/C12H20O2/c1-7(2)5-10-11(13)6-9(8(3)4)12(10)14/h7-10H,5-6H2,1-4H3. The zero-order valence-electron chi connectivity index (χ0n) is 9.54. The van der Waals surface area contributed by atoms with Gasteiger partial charge in [-0.1, -0.05) is 27.7 Å². The Labute approximate surface area is 86.1 Å². The van der Waals surface area contributed by atoms with E-state index in [4.69, 9.17) is 0 Å². The van der Waals surface area contributed by atoms with Crippen LogP contribution in [0.1, 0.15) is 40.5 Å². The van der Waals surface area contributed by atoms with Gasteiger partial charge in [-0.25, -0.2) is 0 Å². The molecule has 0 amide bonds. The van der Waals surface area contributed by atoms with E-state index in [0.717, 1.165) is 6.42 Å². The summed E-state index contributed by atoms with van der Waals surface area (Å²) in [6.07, 6.45) is 1.22. The number of carbonyl (C=O) groups excluding carboxylic acids is 2. The summed E-state index contributed by atoms with van der Waals surface area (Å²) >= 11 is 0. The summed E-state index contributed by atoms with van der Waals surface area (Å²) in [5.74, 6) is 0.803. The van der Waals surface area contributed by atoms with Crippen molar-refractivity contribution < 1.29 is 9.59 Å². The second-order valence-corrected chi connectivity index (χ2v) is 5.11. The quantitative estimate of drug-likeness (QED) is 0.650. The minimum atomic E-state index is -0.289. The van der Waals surface area contributed by atoms with Crippen LogP contribution in [0, 0.1) is 23.7 Å². The molecule has 1 aliphatic carbocycles. The Morgan fingerprint density at radius 1 is 1.21 bits per heavy atom. The molecule has 1 fully saturated rings. The second kappa shape index (κ2) is 4.24. The molecule has 1 rings (SSSR count). The molecule has 2 atom stereocenters. The van der Waals surface area contributed by atoms with Gasteiger partial charge in [-0.15, -0.1) is 0 Å². The Morgan fingerprint density at radius 3 is 2.14 bits per heavy atom. The molecule has 2 nitrogen and oxygen atoms in total. The second-order valence-electron chi connectivity index (χ2n) is 5.11.